The zero-order valence-corrected chi connectivity index (χ0v) is 11.5. The molecular formula is C15H18N2O2. The molecule has 100 valence electrons. The molecule has 2 rings (SSSR count). The van der Waals surface area contributed by atoms with Crippen LogP contribution >= 0.6 is 0 Å². The van der Waals surface area contributed by atoms with E-state index >= 15 is 0 Å². The number of anilines is 1. The van der Waals surface area contributed by atoms with Crippen LogP contribution in [0.2, 0.25) is 0 Å². The molecule has 0 spiro atoms. The van der Waals surface area contributed by atoms with E-state index in [-0.39, 0.29) is 5.41 Å². The molecule has 4 heteroatoms. The molecule has 0 saturated heterocycles. The van der Waals surface area contributed by atoms with Crippen LogP contribution in [0.3, 0.4) is 0 Å². The highest BCUT2D eigenvalue weighted by Gasteiger charge is 2.44. The van der Waals surface area contributed by atoms with Crippen molar-refractivity contribution in [2.75, 3.05) is 5.32 Å². The quantitative estimate of drug-likeness (QED) is 0.881. The Bertz CT molecular complexity index is 517. The molecule has 1 amide bonds. The van der Waals surface area contributed by atoms with Gasteiger partial charge in [-0.3, -0.25) is 5.32 Å². The number of nitriles is 1. The molecule has 0 atom stereocenters. The minimum absolute atomic E-state index is 0.287. The Morgan fingerprint density at radius 2 is 1.89 bits per heavy atom. The largest absolute Gasteiger partial charge is 0.444 e. The van der Waals surface area contributed by atoms with Crippen molar-refractivity contribution < 1.29 is 9.53 Å². The molecule has 1 aliphatic rings. The molecular weight excluding hydrogens is 240 g/mol. The van der Waals surface area contributed by atoms with E-state index in [1.54, 1.807) is 12.1 Å². The number of benzene rings is 1. The predicted octanol–water partition coefficient (Wildman–Crippen LogP) is 3.59. The summed E-state index contributed by atoms with van der Waals surface area (Å²) in [6, 6.07) is 9.74. The average molecular weight is 258 g/mol. The van der Waals surface area contributed by atoms with Gasteiger partial charge in [-0.2, -0.15) is 5.26 Å². The van der Waals surface area contributed by atoms with Gasteiger partial charge in [0.2, 0.25) is 0 Å². The van der Waals surface area contributed by atoms with Crippen molar-refractivity contribution in [1.82, 2.24) is 0 Å². The fourth-order valence-corrected chi connectivity index (χ4v) is 1.88. The van der Waals surface area contributed by atoms with Gasteiger partial charge in [-0.25, -0.2) is 4.79 Å². The molecule has 0 heterocycles. The second-order valence-electron chi connectivity index (χ2n) is 5.90. The first-order chi connectivity index (χ1) is 8.85. The summed E-state index contributed by atoms with van der Waals surface area (Å²) in [7, 11) is 0. The molecule has 1 aliphatic carbocycles. The lowest BCUT2D eigenvalue weighted by Crippen LogP contribution is -2.27. The number of hydrogen-bond acceptors (Lipinski definition) is 3. The Balaban J connectivity index is 2.00. The smallest absolute Gasteiger partial charge is 0.412 e. The molecule has 0 aliphatic heterocycles. The summed E-state index contributed by atoms with van der Waals surface area (Å²) < 4.78 is 5.17. The molecule has 1 saturated carbocycles. The zero-order chi connectivity index (χ0) is 14.1. The maximum Gasteiger partial charge on any atom is 0.412 e. The minimum atomic E-state index is -0.511. The maximum atomic E-state index is 11.6. The first-order valence-electron chi connectivity index (χ1n) is 6.36. The average Bonchev–Trinajstić information content (AvgIpc) is 3.08. The molecule has 0 bridgehead atoms. The van der Waals surface area contributed by atoms with E-state index in [9.17, 15) is 4.79 Å². The van der Waals surface area contributed by atoms with Crippen molar-refractivity contribution in [2.45, 2.75) is 44.6 Å². The Labute approximate surface area is 113 Å². The number of rotatable bonds is 2. The van der Waals surface area contributed by atoms with Crippen LogP contribution in [0.5, 0.6) is 0 Å². The van der Waals surface area contributed by atoms with Gasteiger partial charge in [0.15, 0.2) is 0 Å². The molecule has 1 N–H and O–H groups in total. The van der Waals surface area contributed by atoms with Crippen molar-refractivity contribution in [1.29, 1.82) is 5.26 Å². The highest BCUT2D eigenvalue weighted by Crippen LogP contribution is 2.47. The number of ether oxygens (including phenoxy) is 1. The van der Waals surface area contributed by atoms with E-state index in [0.717, 1.165) is 18.4 Å². The molecule has 0 radical (unpaired) electrons. The van der Waals surface area contributed by atoms with Crippen LogP contribution in [0.1, 0.15) is 39.2 Å². The highest BCUT2D eigenvalue weighted by molar-refractivity contribution is 5.84. The lowest BCUT2D eigenvalue weighted by atomic mass is 9.98. The molecule has 0 aromatic heterocycles. The van der Waals surface area contributed by atoms with Crippen molar-refractivity contribution in [3.8, 4) is 6.07 Å². The zero-order valence-electron chi connectivity index (χ0n) is 11.5. The molecule has 4 nitrogen and oxygen atoms in total. The number of nitrogens with zero attached hydrogens (tertiary/aromatic N) is 1. The van der Waals surface area contributed by atoms with E-state index in [1.807, 2.05) is 32.9 Å². The SMILES string of the molecule is CC(C)(C)OC(=O)Nc1ccc(C2(C#N)CC2)cc1. The van der Waals surface area contributed by atoms with Crippen molar-refractivity contribution in [2.24, 2.45) is 0 Å². The number of carbonyl (C=O) groups is 1. The van der Waals surface area contributed by atoms with Crippen LogP contribution in [-0.2, 0) is 10.2 Å². The van der Waals surface area contributed by atoms with E-state index in [4.69, 9.17) is 10.00 Å². The van der Waals surface area contributed by atoms with Crippen LogP contribution in [0, 0.1) is 11.3 Å². The molecule has 1 aromatic rings. The summed E-state index contributed by atoms with van der Waals surface area (Å²) in [6.45, 7) is 5.46. The van der Waals surface area contributed by atoms with Crippen LogP contribution in [0.25, 0.3) is 0 Å². The van der Waals surface area contributed by atoms with Crippen LogP contribution < -0.4 is 5.32 Å². The van der Waals surface area contributed by atoms with Crippen molar-refractivity contribution >= 4 is 11.8 Å². The van der Waals surface area contributed by atoms with Gasteiger partial charge in [0.25, 0.3) is 0 Å². The van der Waals surface area contributed by atoms with Gasteiger partial charge in [-0.05, 0) is 51.3 Å². The van der Waals surface area contributed by atoms with E-state index in [0.29, 0.717) is 5.69 Å². The summed E-state index contributed by atoms with van der Waals surface area (Å²) in [6.07, 6.45) is 1.37. The maximum absolute atomic E-state index is 11.6. The van der Waals surface area contributed by atoms with Gasteiger partial charge in [-0.15, -0.1) is 0 Å². The van der Waals surface area contributed by atoms with Crippen LogP contribution in [0.15, 0.2) is 24.3 Å². The standard InChI is InChI=1S/C15H18N2O2/c1-14(2,3)19-13(18)17-12-6-4-11(5-7-12)15(10-16)8-9-15/h4-7H,8-9H2,1-3H3,(H,17,18). The van der Waals surface area contributed by atoms with Gasteiger partial charge in [0.05, 0.1) is 11.5 Å². The first-order valence-corrected chi connectivity index (χ1v) is 6.36. The Kier molecular flexibility index (Phi) is 3.23. The Morgan fingerprint density at radius 3 is 2.32 bits per heavy atom. The summed E-state index contributed by atoms with van der Waals surface area (Å²) >= 11 is 0. The highest BCUT2D eigenvalue weighted by atomic mass is 16.6. The Morgan fingerprint density at radius 1 is 1.32 bits per heavy atom. The molecule has 0 unspecified atom stereocenters. The van der Waals surface area contributed by atoms with E-state index < -0.39 is 11.7 Å². The van der Waals surface area contributed by atoms with Gasteiger partial charge >= 0.3 is 6.09 Å². The van der Waals surface area contributed by atoms with Crippen molar-refractivity contribution in [3.63, 3.8) is 0 Å². The third-order valence-corrected chi connectivity index (χ3v) is 3.05. The van der Waals surface area contributed by atoms with E-state index in [1.165, 1.54) is 0 Å². The number of nitrogens with one attached hydrogen (secondary N) is 1. The van der Waals surface area contributed by atoms with Gasteiger partial charge < -0.3 is 4.74 Å². The lowest BCUT2D eigenvalue weighted by molar-refractivity contribution is 0.0636. The second kappa shape index (κ2) is 4.58. The number of hydrogen-bond donors (Lipinski definition) is 1. The lowest BCUT2D eigenvalue weighted by Gasteiger charge is -2.19. The third-order valence-electron chi connectivity index (χ3n) is 3.05. The van der Waals surface area contributed by atoms with Gasteiger partial charge in [0, 0.05) is 5.69 Å². The predicted molar refractivity (Wildman–Crippen MR) is 72.8 cm³/mol. The summed E-state index contributed by atoms with van der Waals surface area (Å²) in [5.74, 6) is 0. The van der Waals surface area contributed by atoms with Gasteiger partial charge in [0.1, 0.15) is 5.60 Å². The number of carbonyl (C=O) groups excluding carboxylic acids is 1. The molecule has 1 aromatic carbocycles. The Hall–Kier alpha value is -2.02. The molecule has 1 fully saturated rings. The van der Waals surface area contributed by atoms with Crippen LogP contribution in [0.4, 0.5) is 10.5 Å². The van der Waals surface area contributed by atoms with Crippen molar-refractivity contribution in [3.05, 3.63) is 29.8 Å². The monoisotopic (exact) mass is 258 g/mol. The summed E-state index contributed by atoms with van der Waals surface area (Å²) in [4.78, 5) is 11.6. The fourth-order valence-electron chi connectivity index (χ4n) is 1.88. The normalized spacial score (nSPS) is 16.3. The third kappa shape index (κ3) is 3.25. The minimum Gasteiger partial charge on any atom is -0.444 e. The molecule has 19 heavy (non-hydrogen) atoms. The van der Waals surface area contributed by atoms with Crippen LogP contribution in [-0.4, -0.2) is 11.7 Å². The topological polar surface area (TPSA) is 62.1 Å². The second-order valence-corrected chi connectivity index (χ2v) is 5.90. The summed E-state index contributed by atoms with van der Waals surface area (Å²) in [5.41, 5.74) is 0.893. The number of amides is 1. The van der Waals surface area contributed by atoms with Gasteiger partial charge in [-0.1, -0.05) is 12.1 Å². The fraction of sp³-hybridized carbons (Fsp3) is 0.467. The van der Waals surface area contributed by atoms with E-state index in [2.05, 4.69) is 11.4 Å². The summed E-state index contributed by atoms with van der Waals surface area (Å²) in [5, 5.41) is 11.8. The first kappa shape index (κ1) is 13.4.